The number of thiocarbonyl (C=S) groups is 1. The maximum Gasteiger partial charge on any atom is 0.410 e. The van der Waals surface area contributed by atoms with Crippen LogP contribution in [0.1, 0.15) is 0 Å². The molecular formula is C8H6N2O2S. The number of aliphatic imine (C=N–C) groups is 1. The van der Waals surface area contributed by atoms with Crippen LogP contribution in [0.5, 0.6) is 5.75 Å². The number of isothiocyanates is 1. The van der Waals surface area contributed by atoms with Crippen molar-refractivity contribution in [2.75, 3.05) is 0 Å². The van der Waals surface area contributed by atoms with E-state index in [0.717, 1.165) is 0 Å². The van der Waals surface area contributed by atoms with Crippen molar-refractivity contribution in [3.63, 3.8) is 0 Å². The Kier molecular flexibility index (Phi) is 3.14. The van der Waals surface area contributed by atoms with Crippen molar-refractivity contribution in [1.82, 2.24) is 0 Å². The summed E-state index contributed by atoms with van der Waals surface area (Å²) in [4.78, 5) is 14.1. The van der Waals surface area contributed by atoms with Gasteiger partial charge in [0.15, 0.2) is 5.75 Å². The molecule has 0 unspecified atom stereocenters. The first-order valence-electron chi connectivity index (χ1n) is 3.38. The monoisotopic (exact) mass is 194 g/mol. The van der Waals surface area contributed by atoms with Crippen molar-refractivity contribution in [3.05, 3.63) is 24.3 Å². The van der Waals surface area contributed by atoms with Crippen LogP contribution in [-0.4, -0.2) is 11.3 Å². The largest absolute Gasteiger partial charge is 0.410 e. The number of nitrogens with two attached hydrogens (primary N) is 1. The van der Waals surface area contributed by atoms with Gasteiger partial charge >= 0.3 is 6.09 Å². The zero-order valence-corrected chi connectivity index (χ0v) is 7.38. The minimum atomic E-state index is -0.882. The maximum atomic E-state index is 10.4. The van der Waals surface area contributed by atoms with E-state index in [1.165, 1.54) is 0 Å². The van der Waals surface area contributed by atoms with E-state index in [1.807, 2.05) is 0 Å². The van der Waals surface area contributed by atoms with Gasteiger partial charge in [-0.15, -0.1) is 0 Å². The SMILES string of the molecule is NC(=O)Oc1ccccc1N=C=S. The predicted octanol–water partition coefficient (Wildman–Crippen LogP) is 1.88. The lowest BCUT2D eigenvalue weighted by atomic mass is 10.3. The highest BCUT2D eigenvalue weighted by Gasteiger charge is 2.03. The Morgan fingerprint density at radius 3 is 2.85 bits per heavy atom. The summed E-state index contributed by atoms with van der Waals surface area (Å²) in [5.41, 5.74) is 5.27. The van der Waals surface area contributed by atoms with Gasteiger partial charge in [-0.3, -0.25) is 0 Å². The van der Waals surface area contributed by atoms with E-state index in [-0.39, 0.29) is 5.75 Å². The third-order valence-corrected chi connectivity index (χ3v) is 1.33. The molecule has 1 aromatic rings. The summed E-state index contributed by atoms with van der Waals surface area (Å²) < 4.78 is 4.66. The second kappa shape index (κ2) is 4.35. The van der Waals surface area contributed by atoms with Crippen LogP contribution in [0.15, 0.2) is 29.3 Å². The third-order valence-electron chi connectivity index (χ3n) is 1.24. The quantitative estimate of drug-likeness (QED) is 0.577. The van der Waals surface area contributed by atoms with Crippen LogP contribution in [0.4, 0.5) is 10.5 Å². The highest BCUT2D eigenvalue weighted by molar-refractivity contribution is 7.78. The zero-order valence-electron chi connectivity index (χ0n) is 6.56. The fourth-order valence-electron chi connectivity index (χ4n) is 0.793. The molecule has 0 aliphatic carbocycles. The van der Waals surface area contributed by atoms with Crippen LogP contribution in [0.3, 0.4) is 0 Å². The van der Waals surface area contributed by atoms with Crippen molar-refractivity contribution >= 4 is 29.2 Å². The molecule has 0 radical (unpaired) electrons. The van der Waals surface area contributed by atoms with E-state index in [0.29, 0.717) is 5.69 Å². The molecule has 0 aliphatic heterocycles. The standard InChI is InChI=1S/C8H6N2O2S/c9-8(11)12-7-4-2-1-3-6(7)10-5-13/h1-4H,(H2,9,11). The van der Waals surface area contributed by atoms with Crippen LogP contribution in [0, 0.1) is 0 Å². The molecule has 0 fully saturated rings. The maximum absolute atomic E-state index is 10.4. The molecule has 13 heavy (non-hydrogen) atoms. The highest BCUT2D eigenvalue weighted by Crippen LogP contribution is 2.25. The number of hydrogen-bond donors (Lipinski definition) is 1. The Hall–Kier alpha value is -1.71. The minimum Gasteiger partial charge on any atom is -0.408 e. The molecule has 5 heteroatoms. The normalized spacial score (nSPS) is 8.62. The molecule has 66 valence electrons. The molecule has 1 rings (SSSR count). The Balaban J connectivity index is 3.04. The topological polar surface area (TPSA) is 64.7 Å². The first kappa shape index (κ1) is 9.38. The van der Waals surface area contributed by atoms with Crippen molar-refractivity contribution in [3.8, 4) is 5.75 Å². The van der Waals surface area contributed by atoms with Crippen molar-refractivity contribution in [2.24, 2.45) is 10.7 Å². The summed E-state index contributed by atoms with van der Waals surface area (Å²) in [5.74, 6) is 0.271. The number of para-hydroxylation sites is 2. The van der Waals surface area contributed by atoms with Crippen LogP contribution in [-0.2, 0) is 0 Å². The number of nitrogens with zero attached hydrogens (tertiary/aromatic N) is 1. The second-order valence-corrected chi connectivity index (χ2v) is 2.27. The van der Waals surface area contributed by atoms with Crippen LogP contribution in [0.2, 0.25) is 0 Å². The van der Waals surface area contributed by atoms with Gasteiger partial charge in [-0.05, 0) is 24.4 Å². The Bertz CT molecular complexity index is 372. The van der Waals surface area contributed by atoms with E-state index in [1.54, 1.807) is 24.3 Å². The van der Waals surface area contributed by atoms with Gasteiger partial charge in [0.2, 0.25) is 0 Å². The Morgan fingerprint density at radius 2 is 2.23 bits per heavy atom. The van der Waals surface area contributed by atoms with Crippen LogP contribution in [0.25, 0.3) is 0 Å². The van der Waals surface area contributed by atoms with Gasteiger partial charge in [-0.2, -0.15) is 4.99 Å². The number of amides is 1. The first-order valence-corrected chi connectivity index (χ1v) is 3.79. The van der Waals surface area contributed by atoms with E-state index in [2.05, 4.69) is 27.1 Å². The lowest BCUT2D eigenvalue weighted by molar-refractivity contribution is 0.211. The molecule has 4 nitrogen and oxygen atoms in total. The summed E-state index contributed by atoms with van der Waals surface area (Å²) >= 11 is 4.42. The molecular weight excluding hydrogens is 188 g/mol. The lowest BCUT2D eigenvalue weighted by Crippen LogP contribution is -2.16. The minimum absolute atomic E-state index is 0.271. The summed E-state index contributed by atoms with van der Waals surface area (Å²) in [6, 6.07) is 6.63. The molecule has 0 spiro atoms. The molecule has 0 bridgehead atoms. The lowest BCUT2D eigenvalue weighted by Gasteiger charge is -2.01. The highest BCUT2D eigenvalue weighted by atomic mass is 32.1. The van der Waals surface area contributed by atoms with E-state index in [4.69, 9.17) is 5.73 Å². The number of benzene rings is 1. The number of primary amides is 1. The number of hydrogen-bond acceptors (Lipinski definition) is 4. The zero-order chi connectivity index (χ0) is 9.68. The van der Waals surface area contributed by atoms with Gasteiger partial charge in [0.1, 0.15) is 5.69 Å². The molecule has 0 atom stereocenters. The van der Waals surface area contributed by atoms with Crippen molar-refractivity contribution in [2.45, 2.75) is 0 Å². The summed E-state index contributed by atoms with van der Waals surface area (Å²) in [6.07, 6.45) is -0.882. The summed E-state index contributed by atoms with van der Waals surface area (Å²) in [7, 11) is 0. The van der Waals surface area contributed by atoms with E-state index in [9.17, 15) is 4.79 Å². The van der Waals surface area contributed by atoms with Gasteiger partial charge in [-0.25, -0.2) is 4.79 Å². The third kappa shape index (κ3) is 2.66. The summed E-state index contributed by atoms with van der Waals surface area (Å²) in [6.45, 7) is 0. The van der Waals surface area contributed by atoms with Crippen LogP contribution >= 0.6 is 12.2 Å². The fourth-order valence-corrected chi connectivity index (χ4v) is 0.892. The number of carbonyl (C=O) groups excluding carboxylic acids is 1. The Labute approximate surface area is 80.0 Å². The average molecular weight is 194 g/mol. The molecule has 1 amide bonds. The number of carbonyl (C=O) groups is 1. The van der Waals surface area contributed by atoms with Gasteiger partial charge in [0.05, 0.1) is 5.16 Å². The fraction of sp³-hybridized carbons (Fsp3) is 0. The van der Waals surface area contributed by atoms with Crippen LogP contribution < -0.4 is 10.5 Å². The average Bonchev–Trinajstić information content (AvgIpc) is 2.08. The molecule has 0 saturated heterocycles. The van der Waals surface area contributed by atoms with Gasteiger partial charge in [-0.1, -0.05) is 12.1 Å². The molecule has 0 aromatic heterocycles. The molecule has 1 aromatic carbocycles. The molecule has 2 N–H and O–H groups in total. The molecule has 0 saturated carbocycles. The molecule has 0 heterocycles. The van der Waals surface area contributed by atoms with Crippen molar-refractivity contribution in [1.29, 1.82) is 0 Å². The van der Waals surface area contributed by atoms with Gasteiger partial charge in [0.25, 0.3) is 0 Å². The number of rotatable bonds is 2. The molecule has 0 aliphatic rings. The van der Waals surface area contributed by atoms with Crippen molar-refractivity contribution < 1.29 is 9.53 Å². The van der Waals surface area contributed by atoms with E-state index < -0.39 is 6.09 Å². The Morgan fingerprint density at radius 1 is 1.54 bits per heavy atom. The summed E-state index contributed by atoms with van der Waals surface area (Å²) in [5, 5.41) is 2.17. The van der Waals surface area contributed by atoms with E-state index >= 15 is 0 Å². The predicted molar refractivity (Wildman–Crippen MR) is 51.3 cm³/mol. The second-order valence-electron chi connectivity index (χ2n) is 2.09. The number of ether oxygens (including phenoxy) is 1. The van der Waals surface area contributed by atoms with Gasteiger partial charge in [0, 0.05) is 0 Å². The smallest absolute Gasteiger partial charge is 0.408 e. The first-order chi connectivity index (χ1) is 6.24. The van der Waals surface area contributed by atoms with Gasteiger partial charge < -0.3 is 10.5 Å².